The van der Waals surface area contributed by atoms with E-state index in [-0.39, 0.29) is 0 Å². The summed E-state index contributed by atoms with van der Waals surface area (Å²) in [4.78, 5) is 10.3. The highest BCUT2D eigenvalue weighted by molar-refractivity contribution is 9.10. The normalized spacial score (nSPS) is 11.3. The molecule has 0 bridgehead atoms. The molecule has 0 N–H and O–H groups in total. The zero-order valence-electron chi connectivity index (χ0n) is 6.75. The van der Waals surface area contributed by atoms with E-state index in [1.807, 2.05) is 30.3 Å². The molecule has 0 unspecified atom stereocenters. The summed E-state index contributed by atoms with van der Waals surface area (Å²) in [5.41, 5.74) is 1.77. The number of rotatable bonds is 2. The van der Waals surface area contributed by atoms with Crippen LogP contribution in [0, 0.1) is 0 Å². The van der Waals surface area contributed by atoms with E-state index in [2.05, 4.69) is 15.9 Å². The van der Waals surface area contributed by atoms with Crippen LogP contribution in [0.15, 0.2) is 34.3 Å². The fraction of sp³-hybridized carbons (Fsp3) is 0.100. The van der Waals surface area contributed by atoms with E-state index in [0.717, 1.165) is 21.9 Å². The number of carbonyl (C=O) groups is 1. The highest BCUT2D eigenvalue weighted by Gasteiger charge is 1.90. The van der Waals surface area contributed by atoms with Gasteiger partial charge in [-0.25, -0.2) is 0 Å². The van der Waals surface area contributed by atoms with E-state index in [4.69, 9.17) is 0 Å². The lowest BCUT2D eigenvalue weighted by molar-refractivity contribution is -0.104. The number of halogens is 1. The second-order valence-corrected chi connectivity index (χ2v) is 3.48. The predicted octanol–water partition coefficient (Wildman–Crippen LogP) is 3.05. The highest BCUT2D eigenvalue weighted by atomic mass is 79.9. The molecule has 1 rings (SSSR count). The Morgan fingerprint density at radius 2 is 2.25 bits per heavy atom. The maximum Gasteiger partial charge on any atom is 0.145 e. The zero-order chi connectivity index (χ0) is 8.97. The first-order valence-corrected chi connectivity index (χ1v) is 4.41. The summed E-state index contributed by atoms with van der Waals surface area (Å²) in [5.74, 6) is 0. The molecule has 0 spiro atoms. The molecule has 0 aliphatic rings. The Balaban J connectivity index is 2.97. The van der Waals surface area contributed by atoms with Crippen LogP contribution in [0.5, 0.6) is 0 Å². The minimum absolute atomic E-state index is 0.730. The fourth-order valence-corrected chi connectivity index (χ4v) is 1.31. The van der Waals surface area contributed by atoms with Gasteiger partial charge in [0.25, 0.3) is 0 Å². The summed E-state index contributed by atoms with van der Waals surface area (Å²) in [6, 6.07) is 7.81. The summed E-state index contributed by atoms with van der Waals surface area (Å²) in [5, 5.41) is 0. The summed E-state index contributed by atoms with van der Waals surface area (Å²) >= 11 is 3.36. The molecular weight excluding hydrogens is 216 g/mol. The van der Waals surface area contributed by atoms with Gasteiger partial charge in [-0.2, -0.15) is 0 Å². The quantitative estimate of drug-likeness (QED) is 0.558. The van der Waals surface area contributed by atoms with Crippen LogP contribution in [0.2, 0.25) is 0 Å². The largest absolute Gasteiger partial charge is 0.298 e. The van der Waals surface area contributed by atoms with Gasteiger partial charge in [0, 0.05) is 4.47 Å². The van der Waals surface area contributed by atoms with Gasteiger partial charge in [0.15, 0.2) is 0 Å². The van der Waals surface area contributed by atoms with E-state index in [9.17, 15) is 4.79 Å². The molecule has 0 aromatic heterocycles. The third-order valence-corrected chi connectivity index (χ3v) is 1.92. The summed E-state index contributed by atoms with van der Waals surface area (Å²) in [7, 11) is 0. The smallest absolute Gasteiger partial charge is 0.145 e. The molecule has 0 aliphatic carbocycles. The lowest BCUT2D eigenvalue weighted by Gasteiger charge is -1.94. The zero-order valence-corrected chi connectivity index (χ0v) is 8.34. The van der Waals surface area contributed by atoms with Crippen LogP contribution in [0.4, 0.5) is 0 Å². The third kappa shape index (κ3) is 2.62. The van der Waals surface area contributed by atoms with Crippen molar-refractivity contribution in [2.75, 3.05) is 0 Å². The first kappa shape index (κ1) is 9.20. The van der Waals surface area contributed by atoms with E-state index in [1.54, 1.807) is 6.92 Å². The van der Waals surface area contributed by atoms with Crippen molar-refractivity contribution in [1.29, 1.82) is 0 Å². The maximum absolute atomic E-state index is 10.3. The summed E-state index contributed by atoms with van der Waals surface area (Å²) in [6.45, 7) is 1.79. The van der Waals surface area contributed by atoms with Crippen LogP contribution in [0.3, 0.4) is 0 Å². The number of aldehydes is 1. The molecule has 62 valence electrons. The monoisotopic (exact) mass is 224 g/mol. The van der Waals surface area contributed by atoms with Gasteiger partial charge in [0.1, 0.15) is 6.29 Å². The summed E-state index contributed by atoms with van der Waals surface area (Å²) in [6.07, 6.45) is 2.69. The van der Waals surface area contributed by atoms with Crippen LogP contribution < -0.4 is 0 Å². The van der Waals surface area contributed by atoms with Gasteiger partial charge < -0.3 is 0 Å². The van der Waals surface area contributed by atoms with E-state index in [0.29, 0.717) is 0 Å². The SMILES string of the molecule is C/C(C=O)=C\c1cccc(Br)c1. The van der Waals surface area contributed by atoms with Gasteiger partial charge in [0.2, 0.25) is 0 Å². The second-order valence-electron chi connectivity index (χ2n) is 2.56. The molecule has 0 atom stereocenters. The molecule has 1 nitrogen and oxygen atoms in total. The Morgan fingerprint density at radius 3 is 2.83 bits per heavy atom. The van der Waals surface area contributed by atoms with Crippen molar-refractivity contribution in [3.63, 3.8) is 0 Å². The molecule has 12 heavy (non-hydrogen) atoms. The number of hydrogen-bond donors (Lipinski definition) is 0. The molecule has 0 aliphatic heterocycles. The minimum Gasteiger partial charge on any atom is -0.298 e. The molecule has 0 fully saturated rings. The predicted molar refractivity (Wildman–Crippen MR) is 53.9 cm³/mol. The molecule has 0 saturated heterocycles. The van der Waals surface area contributed by atoms with Crippen molar-refractivity contribution in [3.05, 3.63) is 39.9 Å². The number of hydrogen-bond acceptors (Lipinski definition) is 1. The van der Waals surface area contributed by atoms with Crippen LogP contribution in [-0.4, -0.2) is 6.29 Å². The van der Waals surface area contributed by atoms with Gasteiger partial charge >= 0.3 is 0 Å². The van der Waals surface area contributed by atoms with Crippen LogP contribution in [0.25, 0.3) is 6.08 Å². The van der Waals surface area contributed by atoms with Crippen molar-refractivity contribution in [1.82, 2.24) is 0 Å². The molecule has 0 heterocycles. The Hall–Kier alpha value is -0.890. The maximum atomic E-state index is 10.3. The molecular formula is C10H9BrO. The molecule has 0 radical (unpaired) electrons. The highest BCUT2D eigenvalue weighted by Crippen LogP contribution is 2.13. The van der Waals surface area contributed by atoms with Crippen LogP contribution >= 0.6 is 15.9 Å². The number of allylic oxidation sites excluding steroid dienone is 1. The van der Waals surface area contributed by atoms with Gasteiger partial charge in [-0.1, -0.05) is 28.1 Å². The molecule has 2 heteroatoms. The van der Waals surface area contributed by atoms with Crippen LogP contribution in [0.1, 0.15) is 12.5 Å². The second kappa shape index (κ2) is 4.21. The van der Waals surface area contributed by atoms with Gasteiger partial charge in [-0.15, -0.1) is 0 Å². The van der Waals surface area contributed by atoms with Crippen molar-refractivity contribution in [2.24, 2.45) is 0 Å². The lowest BCUT2D eigenvalue weighted by Crippen LogP contribution is -1.77. The van der Waals surface area contributed by atoms with Crippen molar-refractivity contribution < 1.29 is 4.79 Å². The molecule has 0 saturated carbocycles. The van der Waals surface area contributed by atoms with E-state index >= 15 is 0 Å². The minimum atomic E-state index is 0.730. The van der Waals surface area contributed by atoms with Gasteiger partial charge in [-0.05, 0) is 36.3 Å². The standard InChI is InChI=1S/C10H9BrO/c1-8(7-12)5-9-3-2-4-10(11)6-9/h2-7H,1H3/b8-5+. The Labute approximate surface area is 80.2 Å². The average Bonchev–Trinajstić information content (AvgIpc) is 2.04. The first-order valence-electron chi connectivity index (χ1n) is 3.61. The first-order chi connectivity index (χ1) is 5.72. The molecule has 0 amide bonds. The van der Waals surface area contributed by atoms with Gasteiger partial charge in [0.05, 0.1) is 0 Å². The Bertz CT molecular complexity index is 315. The third-order valence-electron chi connectivity index (χ3n) is 1.43. The number of carbonyl (C=O) groups excluding carboxylic acids is 1. The average molecular weight is 225 g/mol. The Morgan fingerprint density at radius 1 is 1.50 bits per heavy atom. The van der Waals surface area contributed by atoms with Crippen LogP contribution in [-0.2, 0) is 4.79 Å². The summed E-state index contributed by atoms with van der Waals surface area (Å²) < 4.78 is 1.02. The van der Waals surface area contributed by atoms with E-state index in [1.165, 1.54) is 0 Å². The van der Waals surface area contributed by atoms with E-state index < -0.39 is 0 Å². The van der Waals surface area contributed by atoms with Crippen molar-refractivity contribution in [2.45, 2.75) is 6.92 Å². The van der Waals surface area contributed by atoms with Gasteiger partial charge in [-0.3, -0.25) is 4.79 Å². The number of benzene rings is 1. The van der Waals surface area contributed by atoms with Crippen molar-refractivity contribution >= 4 is 28.3 Å². The molecule has 1 aromatic carbocycles. The fourth-order valence-electron chi connectivity index (χ4n) is 0.893. The topological polar surface area (TPSA) is 17.1 Å². The molecule has 1 aromatic rings. The van der Waals surface area contributed by atoms with Crippen molar-refractivity contribution in [3.8, 4) is 0 Å². The Kier molecular flexibility index (Phi) is 3.23. The lowest BCUT2D eigenvalue weighted by atomic mass is 10.1.